The third-order valence-corrected chi connectivity index (χ3v) is 5.48. The van der Waals surface area contributed by atoms with E-state index in [0.717, 1.165) is 43.7 Å². The molecule has 0 aromatic carbocycles. The number of ether oxygens (including phenoxy) is 1. The number of nitrogens with one attached hydrogen (secondary N) is 1. The van der Waals surface area contributed by atoms with Gasteiger partial charge in [-0.05, 0) is 51.2 Å². The number of carbonyl (C=O) groups excluding carboxylic acids is 1. The Morgan fingerprint density at radius 2 is 2.07 bits per heavy atom. The van der Waals surface area contributed by atoms with E-state index in [1.54, 1.807) is 26.2 Å². The molecule has 0 saturated carbocycles. The van der Waals surface area contributed by atoms with Gasteiger partial charge in [0.15, 0.2) is 11.6 Å². The Bertz CT molecular complexity index is 930. The van der Waals surface area contributed by atoms with Gasteiger partial charge in [0.1, 0.15) is 5.60 Å². The average Bonchev–Trinajstić information content (AvgIpc) is 2.68. The first-order valence-corrected chi connectivity index (χ1v) is 10.0. The first-order valence-electron chi connectivity index (χ1n) is 10.0. The minimum absolute atomic E-state index is 0. The summed E-state index contributed by atoms with van der Waals surface area (Å²) < 4.78 is 5.45. The first-order chi connectivity index (χ1) is 13.8. The van der Waals surface area contributed by atoms with E-state index in [9.17, 15) is 9.90 Å². The van der Waals surface area contributed by atoms with E-state index < -0.39 is 5.60 Å². The molecule has 2 aromatic rings. The number of nitrogens with zero attached hydrogens (tertiary/aromatic N) is 4. The molecule has 8 nitrogen and oxygen atoms in total. The molecule has 0 radical (unpaired) electrons. The van der Waals surface area contributed by atoms with E-state index in [0.29, 0.717) is 28.9 Å². The second kappa shape index (κ2) is 7.68. The second-order valence-electron chi connectivity index (χ2n) is 8.36. The number of anilines is 2. The maximum absolute atomic E-state index is 12.1. The molecule has 1 fully saturated rings. The molecule has 4 heterocycles. The maximum atomic E-state index is 12.1. The van der Waals surface area contributed by atoms with Crippen molar-refractivity contribution < 1.29 is 17.5 Å². The van der Waals surface area contributed by atoms with Crippen LogP contribution in [0.15, 0.2) is 18.5 Å². The largest absolute Gasteiger partial charge is 0.384 e. The molecule has 0 bridgehead atoms. The normalized spacial score (nSPS) is 17.8. The molecule has 158 valence electrons. The zero-order chi connectivity index (χ0) is 20.6. The molecule has 1 saturated heterocycles. The molecule has 0 unspecified atom stereocenters. The summed E-state index contributed by atoms with van der Waals surface area (Å²) in [7, 11) is 0. The van der Waals surface area contributed by atoms with Crippen molar-refractivity contribution in [2.75, 3.05) is 36.5 Å². The van der Waals surface area contributed by atoms with Crippen LogP contribution in [0.2, 0.25) is 0 Å². The van der Waals surface area contributed by atoms with E-state index in [1.807, 2.05) is 17.9 Å². The summed E-state index contributed by atoms with van der Waals surface area (Å²) in [6.45, 7) is 7.96. The molecule has 1 amide bonds. The molecule has 29 heavy (non-hydrogen) atoms. The van der Waals surface area contributed by atoms with Gasteiger partial charge >= 0.3 is 0 Å². The predicted octanol–water partition coefficient (Wildman–Crippen LogP) is 2.75. The summed E-state index contributed by atoms with van der Waals surface area (Å²) in [5.74, 6) is 1.59. The van der Waals surface area contributed by atoms with E-state index in [2.05, 4.69) is 15.3 Å². The number of fused-ring (bicyclic) bond motifs is 1. The summed E-state index contributed by atoms with van der Waals surface area (Å²) in [6, 6.07) is 1.87. The van der Waals surface area contributed by atoms with Gasteiger partial charge in [0, 0.05) is 34.4 Å². The van der Waals surface area contributed by atoms with Gasteiger partial charge in [-0.15, -0.1) is 0 Å². The minimum Gasteiger partial charge on any atom is -0.384 e. The molecule has 2 aliphatic heterocycles. The number of amides is 1. The van der Waals surface area contributed by atoms with Gasteiger partial charge in [-0.25, -0.2) is 9.97 Å². The van der Waals surface area contributed by atoms with Gasteiger partial charge in [0.05, 0.1) is 24.1 Å². The Morgan fingerprint density at radius 3 is 2.76 bits per heavy atom. The third kappa shape index (κ3) is 4.23. The highest BCUT2D eigenvalue weighted by atomic mass is 16.5. The molecule has 2 aliphatic rings. The Labute approximate surface area is 173 Å². The fraction of sp³-hybridized carbons (Fsp3) is 0.524. The van der Waals surface area contributed by atoms with Crippen molar-refractivity contribution in [2.24, 2.45) is 5.92 Å². The third-order valence-electron chi connectivity index (χ3n) is 5.48. The van der Waals surface area contributed by atoms with Gasteiger partial charge in [-0.2, -0.15) is 0 Å². The van der Waals surface area contributed by atoms with Gasteiger partial charge in [-0.1, -0.05) is 0 Å². The number of carbonyl (C=O) groups is 1. The Balaban J connectivity index is 0.00000171. The summed E-state index contributed by atoms with van der Waals surface area (Å²) in [6.07, 6.45) is 5.36. The van der Waals surface area contributed by atoms with Crippen LogP contribution in [-0.4, -0.2) is 52.3 Å². The first kappa shape index (κ1) is 19.7. The molecule has 0 spiro atoms. The predicted molar refractivity (Wildman–Crippen MR) is 114 cm³/mol. The van der Waals surface area contributed by atoms with Crippen LogP contribution in [0, 0.1) is 12.8 Å². The van der Waals surface area contributed by atoms with Crippen molar-refractivity contribution in [3.05, 3.63) is 29.7 Å². The highest BCUT2D eigenvalue weighted by Crippen LogP contribution is 2.32. The van der Waals surface area contributed by atoms with Crippen molar-refractivity contribution in [3.63, 3.8) is 0 Å². The number of aliphatic hydroxyl groups is 1. The lowest BCUT2D eigenvalue weighted by atomic mass is 9.99. The summed E-state index contributed by atoms with van der Waals surface area (Å²) in [5, 5.41) is 13.0. The lowest BCUT2D eigenvalue weighted by molar-refractivity contribution is -0.115. The van der Waals surface area contributed by atoms with E-state index in [1.165, 1.54) is 0 Å². The summed E-state index contributed by atoms with van der Waals surface area (Å²) >= 11 is 0. The molecule has 2 N–H and O–H groups in total. The van der Waals surface area contributed by atoms with Crippen LogP contribution < -0.4 is 10.2 Å². The van der Waals surface area contributed by atoms with Crippen molar-refractivity contribution in [3.8, 4) is 11.3 Å². The Kier molecular flexibility index (Phi) is 5.23. The molecule has 0 aliphatic carbocycles. The van der Waals surface area contributed by atoms with Gasteiger partial charge in [0.25, 0.3) is 0 Å². The molecule has 2 aromatic heterocycles. The second-order valence-corrected chi connectivity index (χ2v) is 8.36. The molecule has 4 rings (SSSR count). The zero-order valence-corrected chi connectivity index (χ0v) is 17.1. The smallest absolute Gasteiger partial charge is 0.245 e. The number of aryl methyl sites for hydroxylation is 1. The van der Waals surface area contributed by atoms with Crippen LogP contribution in [0.3, 0.4) is 0 Å². The van der Waals surface area contributed by atoms with Crippen LogP contribution >= 0.6 is 0 Å². The van der Waals surface area contributed by atoms with Crippen LogP contribution in [0.25, 0.3) is 11.3 Å². The zero-order valence-electron chi connectivity index (χ0n) is 17.1. The topological polar surface area (TPSA) is 100 Å². The average molecular weight is 402 g/mol. The van der Waals surface area contributed by atoms with Crippen LogP contribution in [0.5, 0.6) is 0 Å². The fourth-order valence-corrected chi connectivity index (χ4v) is 3.79. The number of hydrogen-bond acceptors (Lipinski definition) is 7. The van der Waals surface area contributed by atoms with Gasteiger partial charge in [0.2, 0.25) is 5.91 Å². The molecular weight excluding hydrogens is 370 g/mol. The molecular formula is C21H31N5O3. The molecule has 8 heteroatoms. The van der Waals surface area contributed by atoms with Crippen molar-refractivity contribution in [2.45, 2.75) is 39.2 Å². The summed E-state index contributed by atoms with van der Waals surface area (Å²) in [5.41, 5.74) is 2.12. The van der Waals surface area contributed by atoms with Crippen LogP contribution in [0.4, 0.5) is 11.6 Å². The molecule has 0 atom stereocenters. The summed E-state index contributed by atoms with van der Waals surface area (Å²) in [4.78, 5) is 27.9. The lowest BCUT2D eigenvalue weighted by Crippen LogP contribution is -2.42. The Morgan fingerprint density at radius 1 is 1.31 bits per heavy atom. The van der Waals surface area contributed by atoms with E-state index in [-0.39, 0.29) is 15.3 Å². The highest BCUT2D eigenvalue weighted by Gasteiger charge is 2.28. The number of pyridine rings is 1. The number of hydrogen-bond donors (Lipinski definition) is 2. The van der Waals surface area contributed by atoms with Crippen LogP contribution in [0.1, 0.15) is 40.8 Å². The van der Waals surface area contributed by atoms with Crippen molar-refractivity contribution in [1.29, 1.82) is 0 Å². The number of aromatic nitrogens is 3. The van der Waals surface area contributed by atoms with Crippen LogP contribution in [-0.2, 0) is 15.1 Å². The van der Waals surface area contributed by atoms with Crippen molar-refractivity contribution in [1.82, 2.24) is 15.0 Å². The SMILES string of the molecule is Cc1cc(C(C)(C)O)ncc1-c1cnc2c(n1)N(CC1CCOCC1)CC(=O)N2.[HH].[HH]. The standard InChI is InChI=1S/C21H27N5O3.2H2/c1-13-8-17(21(2,3)28)22-9-15(13)16-10-23-19-20(24-16)26(12-18(27)25-19)11-14-4-6-29-7-5-14;;/h8-10,14,28H,4-7,11-12H2,1-3H3,(H,23,25,27);2*1H. The fourth-order valence-electron chi connectivity index (χ4n) is 3.79. The maximum Gasteiger partial charge on any atom is 0.245 e. The number of rotatable bonds is 4. The highest BCUT2D eigenvalue weighted by molar-refractivity contribution is 5.99. The monoisotopic (exact) mass is 401 g/mol. The van der Waals surface area contributed by atoms with E-state index in [4.69, 9.17) is 9.72 Å². The minimum atomic E-state index is -1.00. The van der Waals surface area contributed by atoms with Gasteiger partial charge in [-0.3, -0.25) is 9.78 Å². The van der Waals surface area contributed by atoms with E-state index >= 15 is 0 Å². The lowest BCUT2D eigenvalue weighted by Gasteiger charge is -2.33. The Hall–Kier alpha value is -2.58. The van der Waals surface area contributed by atoms with Gasteiger partial charge < -0.3 is 20.1 Å². The quantitative estimate of drug-likeness (QED) is 0.812. The van der Waals surface area contributed by atoms with Crippen molar-refractivity contribution >= 4 is 17.5 Å².